The number of nitrogens with zero attached hydrogens (tertiary/aromatic N) is 3. The summed E-state index contributed by atoms with van der Waals surface area (Å²) >= 11 is 0. The highest BCUT2D eigenvalue weighted by molar-refractivity contribution is 6.03. The number of rotatable bonds is 11. The molecular weight excluding hydrogens is 560 g/mol. The van der Waals surface area contributed by atoms with Crippen LogP contribution in [0.3, 0.4) is 0 Å². The van der Waals surface area contributed by atoms with Crippen LogP contribution in [0, 0.1) is 0 Å². The molecule has 0 unspecified atom stereocenters. The Balaban J connectivity index is 1.28. The van der Waals surface area contributed by atoms with Crippen molar-refractivity contribution in [2.75, 3.05) is 45.3 Å². The molecule has 1 saturated heterocycles. The minimum atomic E-state index is -0.262. The van der Waals surface area contributed by atoms with E-state index in [2.05, 4.69) is 39.7 Å². The third kappa shape index (κ3) is 7.73. The molecule has 0 radical (unpaired) electrons. The van der Waals surface area contributed by atoms with E-state index in [4.69, 9.17) is 14.2 Å². The number of anilines is 1. The molecule has 4 aromatic rings. The van der Waals surface area contributed by atoms with Gasteiger partial charge in [-0.25, -0.2) is 9.78 Å². The van der Waals surface area contributed by atoms with E-state index in [1.54, 1.807) is 37.6 Å². The van der Waals surface area contributed by atoms with Gasteiger partial charge in [0.1, 0.15) is 18.2 Å². The van der Waals surface area contributed by atoms with Gasteiger partial charge >= 0.3 is 6.03 Å². The van der Waals surface area contributed by atoms with Gasteiger partial charge in [-0.3, -0.25) is 14.3 Å². The third-order valence-corrected chi connectivity index (χ3v) is 7.33. The van der Waals surface area contributed by atoms with E-state index in [0.29, 0.717) is 66.1 Å². The molecule has 11 heteroatoms. The Bertz CT molecular complexity index is 1580. The number of piperazine rings is 1. The summed E-state index contributed by atoms with van der Waals surface area (Å²) in [6, 6.07) is 17.1. The predicted octanol–water partition coefficient (Wildman–Crippen LogP) is 4.87. The second-order valence-corrected chi connectivity index (χ2v) is 10.9. The first-order valence-electron chi connectivity index (χ1n) is 14.9. The molecule has 44 heavy (non-hydrogen) atoms. The number of ether oxygens (including phenoxy) is 3. The van der Waals surface area contributed by atoms with Gasteiger partial charge in [0.05, 0.1) is 12.1 Å². The molecule has 0 aliphatic carbocycles. The zero-order valence-corrected chi connectivity index (χ0v) is 25.6. The van der Waals surface area contributed by atoms with Gasteiger partial charge in [-0.2, -0.15) is 0 Å². The number of hydrogen-bond donors (Lipinski definition) is 3. The highest BCUT2D eigenvalue weighted by Gasteiger charge is 2.21. The average molecular weight is 601 g/mol. The highest BCUT2D eigenvalue weighted by atomic mass is 16.5. The minimum absolute atomic E-state index is 0.262. The number of nitrogens with one attached hydrogen (secondary N) is 3. The Hall–Kier alpha value is -4.45. The zero-order valence-electron chi connectivity index (χ0n) is 25.6. The van der Waals surface area contributed by atoms with E-state index < -0.39 is 0 Å². The maximum absolute atomic E-state index is 13.0. The highest BCUT2D eigenvalue weighted by Crippen LogP contribution is 2.36. The molecule has 2 aromatic carbocycles. The molecule has 3 heterocycles. The van der Waals surface area contributed by atoms with Gasteiger partial charge in [0.2, 0.25) is 0 Å². The van der Waals surface area contributed by atoms with Crippen LogP contribution in [0.25, 0.3) is 10.9 Å². The first-order valence-corrected chi connectivity index (χ1v) is 14.9. The molecule has 1 aliphatic rings. The molecule has 2 amide bonds. The fourth-order valence-corrected chi connectivity index (χ4v) is 5.43. The number of amides is 2. The molecule has 0 bridgehead atoms. The van der Waals surface area contributed by atoms with Crippen LogP contribution in [0.2, 0.25) is 0 Å². The van der Waals surface area contributed by atoms with Crippen LogP contribution in [0.15, 0.2) is 67.0 Å². The van der Waals surface area contributed by atoms with Crippen molar-refractivity contribution in [3.8, 4) is 17.2 Å². The lowest BCUT2D eigenvalue weighted by atomic mass is 10.1. The molecule has 5 rings (SSSR count). The summed E-state index contributed by atoms with van der Waals surface area (Å²) in [5.41, 5.74) is 2.38. The summed E-state index contributed by atoms with van der Waals surface area (Å²) in [5.74, 6) is 1.46. The smallest absolute Gasteiger partial charge is 0.325 e. The van der Waals surface area contributed by atoms with Crippen molar-refractivity contribution >= 4 is 28.7 Å². The summed E-state index contributed by atoms with van der Waals surface area (Å²) in [7, 11) is 1.58. The van der Waals surface area contributed by atoms with E-state index in [1.165, 1.54) is 10.1 Å². The van der Waals surface area contributed by atoms with Crippen molar-refractivity contribution in [1.82, 2.24) is 25.1 Å². The van der Waals surface area contributed by atoms with E-state index in [9.17, 15) is 9.59 Å². The predicted molar refractivity (Wildman–Crippen MR) is 170 cm³/mol. The van der Waals surface area contributed by atoms with E-state index >= 15 is 0 Å². The average Bonchev–Trinajstić information content (AvgIpc) is 3.41. The Morgan fingerprint density at radius 2 is 1.77 bits per heavy atom. The van der Waals surface area contributed by atoms with Gasteiger partial charge in [0.25, 0.3) is 5.91 Å². The van der Waals surface area contributed by atoms with Gasteiger partial charge in [0, 0.05) is 80.8 Å². The van der Waals surface area contributed by atoms with E-state index in [-0.39, 0.29) is 11.9 Å². The molecule has 1 aliphatic heterocycles. The van der Waals surface area contributed by atoms with Crippen molar-refractivity contribution in [1.29, 1.82) is 0 Å². The first-order chi connectivity index (χ1) is 21.3. The zero-order chi connectivity index (χ0) is 31.1. The van der Waals surface area contributed by atoms with E-state index in [0.717, 1.165) is 25.0 Å². The second kappa shape index (κ2) is 14.3. The summed E-state index contributed by atoms with van der Waals surface area (Å²) < 4.78 is 19.1. The lowest BCUT2D eigenvalue weighted by molar-refractivity contribution is 0.102. The SMILES string of the molecule is CCOCCOc1cc2c(ccn2C(=O)NC)cc1Oc1ccnc(NC(=O)c2ccc(CN3C[C@@H](C)N[C@@H](C)C3)cc2)c1. The Kier molecular flexibility index (Phi) is 10.1. The third-order valence-electron chi connectivity index (χ3n) is 7.33. The summed E-state index contributed by atoms with van der Waals surface area (Å²) in [6.45, 7) is 10.4. The van der Waals surface area contributed by atoms with E-state index in [1.807, 2.05) is 43.3 Å². The topological polar surface area (TPSA) is 119 Å². The molecule has 3 N–H and O–H groups in total. The van der Waals surface area contributed by atoms with Crippen LogP contribution in [-0.2, 0) is 11.3 Å². The largest absolute Gasteiger partial charge is 0.487 e. The maximum Gasteiger partial charge on any atom is 0.325 e. The molecule has 0 spiro atoms. The van der Waals surface area contributed by atoms with Crippen LogP contribution in [0.4, 0.5) is 10.6 Å². The summed E-state index contributed by atoms with van der Waals surface area (Å²) in [4.78, 5) is 32.1. The fraction of sp³-hybridized carbons (Fsp3) is 0.364. The van der Waals surface area contributed by atoms with Gasteiger partial charge in [-0.05, 0) is 56.7 Å². The van der Waals surface area contributed by atoms with Crippen LogP contribution < -0.4 is 25.4 Å². The maximum atomic E-state index is 13.0. The molecule has 1 fully saturated rings. The Labute approximate surface area is 257 Å². The molecule has 232 valence electrons. The van der Waals surface area contributed by atoms with Crippen LogP contribution in [0.1, 0.15) is 36.7 Å². The number of benzene rings is 2. The number of hydrogen-bond acceptors (Lipinski definition) is 8. The van der Waals surface area contributed by atoms with Crippen molar-refractivity contribution < 1.29 is 23.8 Å². The standard InChI is InChI=1S/C33H40N6O5/c1-5-42-14-15-43-29-18-28-26(11-13-39(28)33(41)34-4)16-30(29)44-27-10-12-35-31(17-27)37-32(40)25-8-6-24(7-9-25)21-38-19-22(2)36-23(3)20-38/h6-13,16-18,22-23,36H,5,14-15,19-21H2,1-4H3,(H,34,41)(H,35,37,40)/t22-,23+. The Morgan fingerprint density at radius 1 is 1.00 bits per heavy atom. The van der Waals surface area contributed by atoms with Crippen LogP contribution >= 0.6 is 0 Å². The van der Waals surface area contributed by atoms with Crippen LogP contribution in [0.5, 0.6) is 17.2 Å². The van der Waals surface area contributed by atoms with Gasteiger partial charge in [0.15, 0.2) is 11.5 Å². The molecular formula is C33H40N6O5. The van der Waals surface area contributed by atoms with Crippen molar-refractivity contribution in [3.05, 3.63) is 78.1 Å². The molecule has 2 atom stereocenters. The monoisotopic (exact) mass is 600 g/mol. The minimum Gasteiger partial charge on any atom is -0.487 e. The van der Waals surface area contributed by atoms with Gasteiger partial charge in [-0.15, -0.1) is 0 Å². The first kappa shape index (κ1) is 31.0. The number of pyridine rings is 1. The van der Waals surface area contributed by atoms with Crippen molar-refractivity contribution in [3.63, 3.8) is 0 Å². The number of carbonyl (C=O) groups is 2. The molecule has 11 nitrogen and oxygen atoms in total. The van der Waals surface area contributed by atoms with Crippen LogP contribution in [-0.4, -0.2) is 78.4 Å². The summed E-state index contributed by atoms with van der Waals surface area (Å²) in [5, 5.41) is 9.86. The number of aromatic nitrogens is 2. The number of carbonyl (C=O) groups excluding carboxylic acids is 2. The molecule has 2 aromatic heterocycles. The van der Waals surface area contributed by atoms with Crippen molar-refractivity contribution in [2.45, 2.75) is 39.4 Å². The lowest BCUT2D eigenvalue weighted by Crippen LogP contribution is -2.53. The van der Waals surface area contributed by atoms with Gasteiger partial charge < -0.3 is 30.2 Å². The quantitative estimate of drug-likeness (QED) is 0.209. The Morgan fingerprint density at radius 3 is 2.50 bits per heavy atom. The second-order valence-electron chi connectivity index (χ2n) is 10.9. The molecule has 0 saturated carbocycles. The normalized spacial score (nSPS) is 16.9. The van der Waals surface area contributed by atoms with Gasteiger partial charge in [-0.1, -0.05) is 12.1 Å². The van der Waals surface area contributed by atoms with Crippen molar-refractivity contribution in [2.24, 2.45) is 0 Å². The fourth-order valence-electron chi connectivity index (χ4n) is 5.43. The number of fused-ring (bicyclic) bond motifs is 1. The lowest BCUT2D eigenvalue weighted by Gasteiger charge is -2.36. The summed E-state index contributed by atoms with van der Waals surface area (Å²) in [6.07, 6.45) is 3.26.